The molecule has 0 aliphatic carbocycles. The Hall–Kier alpha value is -1.17. The summed E-state index contributed by atoms with van der Waals surface area (Å²) in [6, 6.07) is 10.3. The van der Waals surface area contributed by atoms with Gasteiger partial charge in [0, 0.05) is 25.7 Å². The number of sulfonamides is 1. The van der Waals surface area contributed by atoms with E-state index in [4.69, 9.17) is 0 Å². The van der Waals surface area contributed by atoms with Gasteiger partial charge in [-0.25, -0.2) is 13.1 Å². The number of nitrogens with zero attached hydrogens (tertiary/aromatic N) is 1. The smallest absolute Gasteiger partial charge is 0.208 e. The van der Waals surface area contributed by atoms with Crippen molar-refractivity contribution in [3.05, 3.63) is 41.5 Å². The Morgan fingerprint density at radius 3 is 2.75 bits per heavy atom. The quantitative estimate of drug-likeness (QED) is 0.899. The second kappa shape index (κ2) is 6.52. The zero-order valence-electron chi connectivity index (χ0n) is 12.0. The molecule has 1 aliphatic heterocycles. The SMILES string of the molecule is C/C(=C\c1ccccc1)CN1CCC(NS(C)(=O)=O)C1. The molecule has 0 radical (unpaired) electrons. The minimum absolute atomic E-state index is 0.0505. The van der Waals surface area contributed by atoms with Crippen molar-refractivity contribution in [1.29, 1.82) is 0 Å². The highest BCUT2D eigenvalue weighted by Crippen LogP contribution is 2.13. The zero-order valence-corrected chi connectivity index (χ0v) is 12.9. The van der Waals surface area contributed by atoms with Crippen LogP contribution < -0.4 is 4.72 Å². The highest BCUT2D eigenvalue weighted by molar-refractivity contribution is 7.88. The van der Waals surface area contributed by atoms with Crippen molar-refractivity contribution in [2.45, 2.75) is 19.4 Å². The molecule has 4 nitrogen and oxygen atoms in total. The minimum atomic E-state index is -3.10. The molecule has 0 saturated carbocycles. The average molecular weight is 294 g/mol. The number of likely N-dealkylation sites (tertiary alicyclic amines) is 1. The van der Waals surface area contributed by atoms with Crippen LogP contribution in [0.4, 0.5) is 0 Å². The second-order valence-electron chi connectivity index (χ2n) is 5.51. The Kier molecular flexibility index (Phi) is 4.96. The van der Waals surface area contributed by atoms with Gasteiger partial charge >= 0.3 is 0 Å². The van der Waals surface area contributed by atoms with E-state index in [2.05, 4.69) is 34.8 Å². The van der Waals surface area contributed by atoms with Crippen LogP contribution in [-0.4, -0.2) is 45.2 Å². The van der Waals surface area contributed by atoms with Gasteiger partial charge in [0.05, 0.1) is 6.26 Å². The Morgan fingerprint density at radius 1 is 1.40 bits per heavy atom. The molecule has 1 aliphatic rings. The Bertz CT molecular complexity index is 567. The standard InChI is InChI=1S/C15H22N2O2S/c1-13(10-14-6-4-3-5-7-14)11-17-9-8-15(12-17)16-20(2,18)19/h3-7,10,15-16H,8-9,11-12H2,1-2H3/b13-10+. The van der Waals surface area contributed by atoms with Crippen LogP contribution in [0.3, 0.4) is 0 Å². The summed E-state index contributed by atoms with van der Waals surface area (Å²) in [5, 5.41) is 0. The monoisotopic (exact) mass is 294 g/mol. The van der Waals surface area contributed by atoms with Gasteiger partial charge in [-0.3, -0.25) is 4.90 Å². The van der Waals surface area contributed by atoms with Crippen molar-refractivity contribution in [2.24, 2.45) is 0 Å². The molecule has 1 saturated heterocycles. The molecule has 1 heterocycles. The number of nitrogens with one attached hydrogen (secondary N) is 1. The van der Waals surface area contributed by atoms with E-state index >= 15 is 0 Å². The highest BCUT2D eigenvalue weighted by atomic mass is 32.2. The fourth-order valence-electron chi connectivity index (χ4n) is 2.61. The molecule has 1 fully saturated rings. The molecular formula is C15H22N2O2S. The number of rotatable bonds is 5. The first-order chi connectivity index (χ1) is 9.42. The summed E-state index contributed by atoms with van der Waals surface area (Å²) < 4.78 is 25.1. The van der Waals surface area contributed by atoms with E-state index in [1.54, 1.807) is 0 Å². The van der Waals surface area contributed by atoms with Crippen LogP contribution in [0.15, 0.2) is 35.9 Å². The third-order valence-corrected chi connectivity index (χ3v) is 4.10. The van der Waals surface area contributed by atoms with Crippen molar-refractivity contribution >= 4 is 16.1 Å². The average Bonchev–Trinajstić information content (AvgIpc) is 2.75. The fourth-order valence-corrected chi connectivity index (χ4v) is 3.41. The van der Waals surface area contributed by atoms with Gasteiger partial charge in [0.25, 0.3) is 0 Å². The third-order valence-electron chi connectivity index (χ3n) is 3.34. The molecule has 0 aromatic heterocycles. The van der Waals surface area contributed by atoms with E-state index in [0.29, 0.717) is 0 Å². The molecule has 1 aromatic rings. The maximum atomic E-state index is 11.2. The summed E-state index contributed by atoms with van der Waals surface area (Å²) in [6.07, 6.45) is 4.28. The normalized spacial score (nSPS) is 21.3. The van der Waals surface area contributed by atoms with Gasteiger partial charge in [-0.15, -0.1) is 0 Å². The lowest BCUT2D eigenvalue weighted by molar-refractivity contribution is 0.361. The summed E-state index contributed by atoms with van der Waals surface area (Å²) in [5.74, 6) is 0. The Labute approximate surface area is 121 Å². The lowest BCUT2D eigenvalue weighted by Crippen LogP contribution is -2.36. The third kappa shape index (κ3) is 5.07. The van der Waals surface area contributed by atoms with E-state index in [1.807, 2.05) is 18.2 Å². The molecule has 0 bridgehead atoms. The van der Waals surface area contributed by atoms with Crippen molar-refractivity contribution < 1.29 is 8.42 Å². The summed E-state index contributed by atoms with van der Waals surface area (Å²) in [7, 11) is -3.10. The number of benzene rings is 1. The number of hydrogen-bond acceptors (Lipinski definition) is 3. The molecule has 1 N–H and O–H groups in total. The molecule has 0 amide bonds. The largest absolute Gasteiger partial charge is 0.298 e. The van der Waals surface area contributed by atoms with E-state index < -0.39 is 10.0 Å². The van der Waals surface area contributed by atoms with Gasteiger partial charge in [0.1, 0.15) is 0 Å². The Morgan fingerprint density at radius 2 is 2.10 bits per heavy atom. The van der Waals surface area contributed by atoms with Crippen molar-refractivity contribution in [3.63, 3.8) is 0 Å². The van der Waals surface area contributed by atoms with Gasteiger partial charge in [-0.1, -0.05) is 42.0 Å². The molecular weight excluding hydrogens is 272 g/mol. The summed E-state index contributed by atoms with van der Waals surface area (Å²) in [6.45, 7) is 4.72. The van der Waals surface area contributed by atoms with Crippen LogP contribution in [0.5, 0.6) is 0 Å². The molecule has 5 heteroatoms. The molecule has 0 spiro atoms. The lowest BCUT2D eigenvalue weighted by Gasteiger charge is -2.16. The van der Waals surface area contributed by atoms with Crippen LogP contribution in [0.1, 0.15) is 18.9 Å². The fraction of sp³-hybridized carbons (Fsp3) is 0.467. The van der Waals surface area contributed by atoms with Crippen molar-refractivity contribution in [2.75, 3.05) is 25.9 Å². The predicted octanol–water partition coefficient (Wildman–Crippen LogP) is 1.71. The van der Waals surface area contributed by atoms with E-state index in [0.717, 1.165) is 26.1 Å². The van der Waals surface area contributed by atoms with Crippen molar-refractivity contribution in [3.8, 4) is 0 Å². The van der Waals surface area contributed by atoms with Gasteiger partial charge in [0.2, 0.25) is 10.0 Å². The molecule has 20 heavy (non-hydrogen) atoms. The van der Waals surface area contributed by atoms with Crippen molar-refractivity contribution in [1.82, 2.24) is 9.62 Å². The maximum Gasteiger partial charge on any atom is 0.208 e. The summed E-state index contributed by atoms with van der Waals surface area (Å²) in [4.78, 5) is 2.29. The molecule has 1 aromatic carbocycles. The van der Waals surface area contributed by atoms with Crippen LogP contribution in [0, 0.1) is 0 Å². The number of hydrogen-bond donors (Lipinski definition) is 1. The maximum absolute atomic E-state index is 11.2. The highest BCUT2D eigenvalue weighted by Gasteiger charge is 2.24. The minimum Gasteiger partial charge on any atom is -0.298 e. The van der Waals surface area contributed by atoms with Crippen LogP contribution in [0.25, 0.3) is 6.08 Å². The van der Waals surface area contributed by atoms with E-state index in [1.165, 1.54) is 17.4 Å². The Balaban J connectivity index is 1.87. The van der Waals surface area contributed by atoms with Crippen LogP contribution in [0.2, 0.25) is 0 Å². The first-order valence-corrected chi connectivity index (χ1v) is 8.73. The first-order valence-electron chi connectivity index (χ1n) is 6.84. The summed E-state index contributed by atoms with van der Waals surface area (Å²) >= 11 is 0. The van der Waals surface area contributed by atoms with Crippen LogP contribution in [-0.2, 0) is 10.0 Å². The van der Waals surface area contributed by atoms with E-state index in [-0.39, 0.29) is 6.04 Å². The van der Waals surface area contributed by atoms with Gasteiger partial charge in [0.15, 0.2) is 0 Å². The summed E-state index contributed by atoms with van der Waals surface area (Å²) in [5.41, 5.74) is 2.49. The topological polar surface area (TPSA) is 49.4 Å². The van der Waals surface area contributed by atoms with Gasteiger partial charge < -0.3 is 0 Å². The predicted molar refractivity (Wildman–Crippen MR) is 82.9 cm³/mol. The molecule has 1 atom stereocenters. The van der Waals surface area contributed by atoms with Crippen LogP contribution >= 0.6 is 0 Å². The molecule has 1 unspecified atom stereocenters. The molecule has 110 valence electrons. The zero-order chi connectivity index (χ0) is 14.6. The van der Waals surface area contributed by atoms with Gasteiger partial charge in [-0.2, -0.15) is 0 Å². The molecule has 2 rings (SSSR count). The lowest BCUT2D eigenvalue weighted by atomic mass is 10.1. The second-order valence-corrected chi connectivity index (χ2v) is 7.29. The first kappa shape index (κ1) is 15.2. The van der Waals surface area contributed by atoms with Gasteiger partial charge in [-0.05, 0) is 18.9 Å². The van der Waals surface area contributed by atoms with E-state index in [9.17, 15) is 8.42 Å².